The number of fused-ring (bicyclic) bond motifs is 1. The van der Waals surface area contributed by atoms with E-state index in [1.807, 2.05) is 30.3 Å². The number of hydrogen-bond donors (Lipinski definition) is 1. The zero-order valence-electron chi connectivity index (χ0n) is 14.9. The second kappa shape index (κ2) is 6.83. The number of anilines is 1. The lowest BCUT2D eigenvalue weighted by Crippen LogP contribution is -2.27. The first-order chi connectivity index (χ1) is 12.9. The molecule has 0 saturated carbocycles. The molecule has 1 unspecified atom stereocenters. The van der Waals surface area contributed by atoms with E-state index in [9.17, 15) is 13.2 Å². The van der Waals surface area contributed by atoms with Gasteiger partial charge in [-0.15, -0.1) is 0 Å². The second-order valence-electron chi connectivity index (χ2n) is 6.67. The lowest BCUT2D eigenvalue weighted by molar-refractivity contribution is -0.117. The van der Waals surface area contributed by atoms with E-state index in [0.717, 1.165) is 23.1 Å². The fourth-order valence-electron chi connectivity index (χ4n) is 3.30. The summed E-state index contributed by atoms with van der Waals surface area (Å²) in [6.07, 6.45) is 1.37. The second-order valence-corrected chi connectivity index (χ2v) is 8.39. The van der Waals surface area contributed by atoms with Gasteiger partial charge in [-0.25, -0.2) is 13.1 Å². The first-order valence-electron chi connectivity index (χ1n) is 8.85. The molecule has 1 saturated heterocycles. The van der Waals surface area contributed by atoms with Gasteiger partial charge in [0.2, 0.25) is 15.9 Å². The summed E-state index contributed by atoms with van der Waals surface area (Å²) in [6, 6.07) is 15.3. The number of hydrogen-bond acceptors (Lipinski definition) is 4. The molecule has 2 aromatic carbocycles. The van der Waals surface area contributed by atoms with E-state index in [1.54, 1.807) is 24.0 Å². The number of nitrogens with zero attached hydrogens (tertiary/aromatic N) is 1. The van der Waals surface area contributed by atoms with Gasteiger partial charge < -0.3 is 9.32 Å². The van der Waals surface area contributed by atoms with Crippen molar-refractivity contribution in [2.75, 3.05) is 11.4 Å². The van der Waals surface area contributed by atoms with Crippen LogP contribution in [0, 0.1) is 0 Å². The average Bonchev–Trinajstić information content (AvgIpc) is 3.27. The minimum absolute atomic E-state index is 0.0715. The van der Waals surface area contributed by atoms with Crippen LogP contribution in [0.2, 0.25) is 0 Å². The standard InChI is InChI=1S/C20H20N2O4S/c1-14(19-13-15-5-2-3-6-18(15)26-19)21-27(24,25)17-10-8-16(9-11-17)22-12-4-7-20(22)23/h2-3,5-6,8-11,13-14,21H,4,7,12H2,1H3. The molecule has 140 valence electrons. The van der Waals surface area contributed by atoms with Gasteiger partial charge in [0, 0.05) is 24.0 Å². The van der Waals surface area contributed by atoms with E-state index in [4.69, 9.17) is 4.42 Å². The molecule has 1 N–H and O–H groups in total. The fourth-order valence-corrected chi connectivity index (χ4v) is 4.51. The van der Waals surface area contributed by atoms with Crippen molar-refractivity contribution in [1.29, 1.82) is 0 Å². The van der Waals surface area contributed by atoms with E-state index >= 15 is 0 Å². The Balaban J connectivity index is 1.53. The number of para-hydroxylation sites is 1. The first kappa shape index (κ1) is 17.8. The maximum atomic E-state index is 12.7. The topological polar surface area (TPSA) is 79.6 Å². The van der Waals surface area contributed by atoms with Crippen LogP contribution in [0.1, 0.15) is 31.6 Å². The van der Waals surface area contributed by atoms with Gasteiger partial charge in [0.1, 0.15) is 11.3 Å². The average molecular weight is 384 g/mol. The minimum atomic E-state index is -3.71. The summed E-state index contributed by atoms with van der Waals surface area (Å²) >= 11 is 0. The predicted octanol–water partition coefficient (Wildman–Crippen LogP) is 3.60. The number of furan rings is 1. The third-order valence-corrected chi connectivity index (χ3v) is 6.29. The van der Waals surface area contributed by atoms with Gasteiger partial charge in [0.05, 0.1) is 10.9 Å². The molecule has 1 aliphatic rings. The Hall–Kier alpha value is -2.64. The van der Waals surface area contributed by atoms with Crippen molar-refractivity contribution < 1.29 is 17.6 Å². The number of sulfonamides is 1. The summed E-state index contributed by atoms with van der Waals surface area (Å²) in [6.45, 7) is 2.42. The molecule has 1 atom stereocenters. The Morgan fingerprint density at radius 3 is 2.52 bits per heavy atom. The van der Waals surface area contributed by atoms with Gasteiger partial charge in [-0.1, -0.05) is 18.2 Å². The SMILES string of the molecule is CC(NS(=O)(=O)c1ccc(N2CCCC2=O)cc1)c1cc2ccccc2o1. The number of benzene rings is 2. The van der Waals surface area contributed by atoms with Crippen molar-refractivity contribution in [3.8, 4) is 0 Å². The monoisotopic (exact) mass is 384 g/mol. The van der Waals surface area contributed by atoms with Gasteiger partial charge in [0.25, 0.3) is 0 Å². The van der Waals surface area contributed by atoms with Crippen molar-refractivity contribution in [1.82, 2.24) is 4.72 Å². The molecule has 0 spiro atoms. The number of amides is 1. The summed E-state index contributed by atoms with van der Waals surface area (Å²) in [7, 11) is -3.71. The molecule has 3 aromatic rings. The summed E-state index contributed by atoms with van der Waals surface area (Å²) in [4.78, 5) is 13.7. The van der Waals surface area contributed by atoms with Crippen molar-refractivity contribution in [2.45, 2.75) is 30.7 Å². The molecule has 1 fully saturated rings. The molecule has 7 heteroatoms. The van der Waals surface area contributed by atoms with Crippen LogP contribution in [0.3, 0.4) is 0 Å². The van der Waals surface area contributed by atoms with Gasteiger partial charge in [-0.05, 0) is 49.7 Å². The number of nitrogens with one attached hydrogen (secondary N) is 1. The molecule has 0 aliphatic carbocycles. The number of carbonyl (C=O) groups excluding carboxylic acids is 1. The van der Waals surface area contributed by atoms with Crippen LogP contribution < -0.4 is 9.62 Å². The molecule has 0 bridgehead atoms. The van der Waals surface area contributed by atoms with Gasteiger partial charge in [-0.3, -0.25) is 4.79 Å². The van der Waals surface area contributed by atoms with Crippen LogP contribution in [0.5, 0.6) is 0 Å². The summed E-state index contributed by atoms with van der Waals surface area (Å²) in [5, 5.41) is 0.929. The predicted molar refractivity (Wildman–Crippen MR) is 103 cm³/mol. The molecule has 1 aromatic heterocycles. The van der Waals surface area contributed by atoms with Crippen LogP contribution in [-0.2, 0) is 14.8 Å². The van der Waals surface area contributed by atoms with Crippen LogP contribution in [0.4, 0.5) is 5.69 Å². The molecule has 1 aliphatic heterocycles. The van der Waals surface area contributed by atoms with Crippen molar-refractivity contribution in [3.63, 3.8) is 0 Å². The summed E-state index contributed by atoms with van der Waals surface area (Å²) < 4.78 is 33.8. The fraction of sp³-hybridized carbons (Fsp3) is 0.250. The lowest BCUT2D eigenvalue weighted by atomic mass is 10.2. The van der Waals surface area contributed by atoms with Crippen molar-refractivity contribution >= 4 is 32.6 Å². The van der Waals surface area contributed by atoms with E-state index in [2.05, 4.69) is 4.72 Å². The van der Waals surface area contributed by atoms with E-state index in [0.29, 0.717) is 18.7 Å². The van der Waals surface area contributed by atoms with Crippen LogP contribution in [0.25, 0.3) is 11.0 Å². The number of carbonyl (C=O) groups is 1. The summed E-state index contributed by atoms with van der Waals surface area (Å²) in [5.74, 6) is 0.626. The highest BCUT2D eigenvalue weighted by Gasteiger charge is 2.24. The highest BCUT2D eigenvalue weighted by atomic mass is 32.2. The summed E-state index contributed by atoms with van der Waals surface area (Å²) in [5.41, 5.74) is 1.44. The van der Waals surface area contributed by atoms with Crippen molar-refractivity contribution in [3.05, 3.63) is 60.4 Å². The highest BCUT2D eigenvalue weighted by molar-refractivity contribution is 7.89. The third kappa shape index (κ3) is 3.48. The molecule has 2 heterocycles. The Labute approximate surface area is 157 Å². The highest BCUT2D eigenvalue weighted by Crippen LogP contribution is 2.26. The Kier molecular flexibility index (Phi) is 4.49. The molecular formula is C20H20N2O4S. The normalized spacial score (nSPS) is 16.2. The van der Waals surface area contributed by atoms with Crippen molar-refractivity contribution in [2.24, 2.45) is 0 Å². The maximum absolute atomic E-state index is 12.7. The first-order valence-corrected chi connectivity index (χ1v) is 10.3. The largest absolute Gasteiger partial charge is 0.459 e. The zero-order chi connectivity index (χ0) is 19.0. The maximum Gasteiger partial charge on any atom is 0.241 e. The molecule has 27 heavy (non-hydrogen) atoms. The molecule has 6 nitrogen and oxygen atoms in total. The molecule has 0 radical (unpaired) electrons. The zero-order valence-corrected chi connectivity index (χ0v) is 15.7. The smallest absolute Gasteiger partial charge is 0.241 e. The van der Waals surface area contributed by atoms with Crippen LogP contribution in [-0.4, -0.2) is 20.9 Å². The molecular weight excluding hydrogens is 364 g/mol. The van der Waals surface area contributed by atoms with E-state index in [1.165, 1.54) is 12.1 Å². The van der Waals surface area contributed by atoms with E-state index in [-0.39, 0.29) is 10.8 Å². The molecule has 4 rings (SSSR count). The quantitative estimate of drug-likeness (QED) is 0.729. The van der Waals surface area contributed by atoms with Gasteiger partial charge in [0.15, 0.2) is 0 Å². The van der Waals surface area contributed by atoms with Crippen LogP contribution in [0.15, 0.2) is 63.9 Å². The minimum Gasteiger partial charge on any atom is -0.459 e. The number of rotatable bonds is 5. The van der Waals surface area contributed by atoms with Crippen LogP contribution >= 0.6 is 0 Å². The Bertz CT molecular complexity index is 1050. The van der Waals surface area contributed by atoms with E-state index < -0.39 is 16.1 Å². The lowest BCUT2D eigenvalue weighted by Gasteiger charge is -2.16. The Morgan fingerprint density at radius 2 is 1.85 bits per heavy atom. The van der Waals surface area contributed by atoms with Gasteiger partial charge in [-0.2, -0.15) is 0 Å². The third-order valence-electron chi connectivity index (χ3n) is 4.74. The Morgan fingerprint density at radius 1 is 1.11 bits per heavy atom. The molecule has 1 amide bonds. The van der Waals surface area contributed by atoms with Gasteiger partial charge >= 0.3 is 0 Å².